The first kappa shape index (κ1) is 19.4. The number of benzene rings is 1. The van der Waals surface area contributed by atoms with Crippen molar-refractivity contribution in [1.82, 2.24) is 8.96 Å². The fourth-order valence-corrected chi connectivity index (χ4v) is 3.95. The first-order chi connectivity index (χ1) is 13.3. The molecule has 3 heterocycles. The molecule has 0 N–H and O–H groups in total. The van der Waals surface area contributed by atoms with Crippen molar-refractivity contribution in [3.8, 4) is 16.9 Å². The summed E-state index contributed by atoms with van der Waals surface area (Å²) in [5.41, 5.74) is 3.17. The Morgan fingerprint density at radius 1 is 1.07 bits per heavy atom. The van der Waals surface area contributed by atoms with Crippen molar-refractivity contribution in [3.05, 3.63) is 42.7 Å². The van der Waals surface area contributed by atoms with Gasteiger partial charge in [0.15, 0.2) is 5.65 Å². The number of ether oxygens (including phenoxy) is 1. The summed E-state index contributed by atoms with van der Waals surface area (Å²) >= 11 is 1.62. The predicted octanol–water partition coefficient (Wildman–Crippen LogP) is 4.14. The molecule has 1 fully saturated rings. The topological polar surface area (TPSA) is 45.5 Å². The average Bonchev–Trinajstić information content (AvgIpc) is 3.14. The molecule has 3 aromatic rings. The number of para-hydroxylation sites is 1. The molecule has 1 aromatic carbocycles. The average molecular weight is 396 g/mol. The number of nitrogens with zero attached hydrogens (tertiary/aromatic N) is 2. The number of rotatable bonds is 4. The molecule has 5 nitrogen and oxygen atoms in total. The normalized spacial score (nSPS) is 18.0. The van der Waals surface area contributed by atoms with Gasteiger partial charge in [-0.15, -0.1) is 0 Å². The van der Waals surface area contributed by atoms with Crippen molar-refractivity contribution < 1.29 is 14.0 Å². The summed E-state index contributed by atoms with van der Waals surface area (Å²) in [5, 5.41) is 1.05. The van der Waals surface area contributed by atoms with Crippen LogP contribution in [0.5, 0.6) is 5.75 Å². The maximum absolute atomic E-state index is 6.22. The molecule has 0 radical (unpaired) electrons. The Labute approximate surface area is 170 Å². The Morgan fingerprint density at radius 2 is 1.75 bits per heavy atom. The summed E-state index contributed by atoms with van der Waals surface area (Å²) in [7, 11) is 1.26. The molecule has 0 bridgehead atoms. The minimum absolute atomic E-state index is 0.386. The molecule has 0 atom stereocenters. The van der Waals surface area contributed by atoms with Crippen LogP contribution < -0.4 is 10.2 Å². The Bertz CT molecular complexity index is 1020. The molecule has 7 heteroatoms. The van der Waals surface area contributed by atoms with Crippen LogP contribution in [0.2, 0.25) is 0 Å². The van der Waals surface area contributed by atoms with Crippen LogP contribution in [0.25, 0.3) is 22.2 Å². The fraction of sp³-hybridized carbons (Fsp3) is 0.381. The number of aromatic nitrogens is 2. The summed E-state index contributed by atoms with van der Waals surface area (Å²) in [6, 6.07) is 10.2. The zero-order valence-corrected chi connectivity index (χ0v) is 18.0. The Morgan fingerprint density at radius 3 is 2.39 bits per heavy atom. The van der Waals surface area contributed by atoms with Gasteiger partial charge < -0.3 is 14.0 Å². The number of fused-ring (bicyclic) bond motifs is 1. The molecular formula is C21H25BN2O3S. The van der Waals surface area contributed by atoms with Crippen molar-refractivity contribution in [2.45, 2.75) is 38.9 Å². The second-order valence-corrected chi connectivity index (χ2v) is 8.74. The highest BCUT2D eigenvalue weighted by atomic mass is 32.2. The monoisotopic (exact) mass is 396 g/mol. The number of hydrogen-bond donors (Lipinski definition) is 0. The highest BCUT2D eigenvalue weighted by molar-refractivity contribution is 7.97. The second kappa shape index (κ2) is 6.83. The van der Waals surface area contributed by atoms with E-state index >= 15 is 0 Å². The molecule has 4 rings (SSSR count). The molecule has 2 aromatic heterocycles. The molecule has 0 amide bonds. The summed E-state index contributed by atoms with van der Waals surface area (Å²) in [4.78, 5) is 4.74. The van der Waals surface area contributed by atoms with Crippen molar-refractivity contribution in [3.63, 3.8) is 0 Å². The molecule has 0 saturated carbocycles. The summed E-state index contributed by atoms with van der Waals surface area (Å²) in [6.45, 7) is 8.24. The number of hydrogen-bond acceptors (Lipinski definition) is 5. The quantitative estimate of drug-likeness (QED) is 0.621. The van der Waals surface area contributed by atoms with E-state index < -0.39 is 7.12 Å². The van der Waals surface area contributed by atoms with E-state index in [-0.39, 0.29) is 11.2 Å². The molecule has 1 saturated heterocycles. The number of methoxy groups -OCH3 is 1. The largest absolute Gasteiger partial charge is 0.496 e. The molecule has 0 unspecified atom stereocenters. The Hall–Kier alpha value is -1.96. The minimum atomic E-state index is -0.440. The highest BCUT2D eigenvalue weighted by Gasteiger charge is 2.51. The molecule has 0 aliphatic carbocycles. The lowest BCUT2D eigenvalue weighted by Gasteiger charge is -2.32. The van der Waals surface area contributed by atoms with Gasteiger partial charge in [0.1, 0.15) is 5.75 Å². The van der Waals surface area contributed by atoms with Crippen molar-refractivity contribution in [2.75, 3.05) is 13.4 Å². The van der Waals surface area contributed by atoms with E-state index in [0.717, 1.165) is 33.4 Å². The van der Waals surface area contributed by atoms with Crippen LogP contribution in [0.15, 0.2) is 42.7 Å². The van der Waals surface area contributed by atoms with Gasteiger partial charge in [-0.05, 0) is 51.8 Å². The highest BCUT2D eigenvalue weighted by Crippen LogP contribution is 2.38. The summed E-state index contributed by atoms with van der Waals surface area (Å²) in [6.07, 6.45) is 5.99. The van der Waals surface area contributed by atoms with Gasteiger partial charge in [0.2, 0.25) is 0 Å². The molecular weight excluding hydrogens is 371 g/mol. The van der Waals surface area contributed by atoms with Crippen LogP contribution in [-0.2, 0) is 9.31 Å². The fourth-order valence-electron chi connectivity index (χ4n) is 3.42. The van der Waals surface area contributed by atoms with Gasteiger partial charge in [-0.25, -0.2) is 4.98 Å². The third-order valence-corrected chi connectivity index (χ3v) is 6.42. The van der Waals surface area contributed by atoms with Gasteiger partial charge in [-0.2, -0.15) is 0 Å². The van der Waals surface area contributed by atoms with Crippen LogP contribution in [-0.4, -0.2) is 40.6 Å². The first-order valence-corrected chi connectivity index (χ1v) is 10.5. The van der Waals surface area contributed by atoms with Gasteiger partial charge in [0.25, 0.3) is 0 Å². The zero-order valence-electron chi connectivity index (χ0n) is 17.1. The first-order valence-electron chi connectivity index (χ1n) is 9.32. The lowest BCUT2D eigenvalue weighted by molar-refractivity contribution is 0.00578. The Balaban J connectivity index is 1.86. The Kier molecular flexibility index (Phi) is 4.72. The maximum atomic E-state index is 6.22. The number of pyridine rings is 1. The van der Waals surface area contributed by atoms with E-state index in [9.17, 15) is 0 Å². The molecule has 1 aliphatic heterocycles. The van der Waals surface area contributed by atoms with Crippen LogP contribution in [0.4, 0.5) is 0 Å². The third kappa shape index (κ3) is 3.02. The van der Waals surface area contributed by atoms with E-state index in [4.69, 9.17) is 19.0 Å². The molecule has 1 aliphatic rings. The smallest absolute Gasteiger partial charge is 0.496 e. The van der Waals surface area contributed by atoms with Crippen LogP contribution >= 0.6 is 11.9 Å². The van der Waals surface area contributed by atoms with Gasteiger partial charge in [0.05, 0.1) is 18.3 Å². The SMILES string of the molecule is COc1ccccc1-c1cn(SC)c2ncc(B3OC(C)(C)C(C)(C)O3)cc12. The van der Waals surface area contributed by atoms with Gasteiger partial charge in [-0.3, -0.25) is 3.97 Å². The maximum Gasteiger partial charge on any atom is 0.496 e. The predicted molar refractivity (Wildman–Crippen MR) is 116 cm³/mol. The lowest BCUT2D eigenvalue weighted by Crippen LogP contribution is -2.41. The van der Waals surface area contributed by atoms with Gasteiger partial charge in [-0.1, -0.05) is 18.2 Å². The van der Waals surface area contributed by atoms with E-state index in [1.54, 1.807) is 19.1 Å². The second-order valence-electron chi connectivity index (χ2n) is 7.98. The molecule has 28 heavy (non-hydrogen) atoms. The van der Waals surface area contributed by atoms with Crippen molar-refractivity contribution >= 4 is 35.6 Å². The third-order valence-electron chi connectivity index (χ3n) is 5.75. The lowest BCUT2D eigenvalue weighted by atomic mass is 9.79. The van der Waals surface area contributed by atoms with E-state index in [1.165, 1.54) is 0 Å². The summed E-state index contributed by atoms with van der Waals surface area (Å²) in [5.74, 6) is 0.837. The molecule has 146 valence electrons. The van der Waals surface area contributed by atoms with Crippen LogP contribution in [0.1, 0.15) is 27.7 Å². The van der Waals surface area contributed by atoms with E-state index in [0.29, 0.717) is 0 Å². The summed E-state index contributed by atoms with van der Waals surface area (Å²) < 4.78 is 20.1. The van der Waals surface area contributed by atoms with E-state index in [1.807, 2.05) is 30.7 Å². The standard InChI is InChI=1S/C21H25BN2O3S/c1-20(2)21(3,4)27-22(26-20)14-11-16-17(13-24(28-6)19(16)23-12-14)15-9-7-8-10-18(15)25-5/h7-13H,1-6H3. The van der Waals surface area contributed by atoms with Crippen molar-refractivity contribution in [2.24, 2.45) is 0 Å². The minimum Gasteiger partial charge on any atom is -0.496 e. The van der Waals surface area contributed by atoms with Crippen LogP contribution in [0, 0.1) is 0 Å². The van der Waals surface area contributed by atoms with Crippen molar-refractivity contribution in [1.29, 1.82) is 0 Å². The van der Waals surface area contributed by atoms with E-state index in [2.05, 4.69) is 50.0 Å². The zero-order chi connectivity index (χ0) is 20.1. The van der Waals surface area contributed by atoms with Gasteiger partial charge >= 0.3 is 7.12 Å². The van der Waals surface area contributed by atoms with Crippen LogP contribution in [0.3, 0.4) is 0 Å². The van der Waals surface area contributed by atoms with Gasteiger partial charge in [0, 0.05) is 40.6 Å². The molecule has 0 spiro atoms.